The lowest BCUT2D eigenvalue weighted by atomic mass is 9.68. The second kappa shape index (κ2) is 9.20. The fourth-order valence-corrected chi connectivity index (χ4v) is 4.27. The maximum Gasteiger partial charge on any atom is 0.228 e. The Morgan fingerprint density at radius 3 is 2.77 bits per heavy atom. The number of amides is 1. The van der Waals surface area contributed by atoms with Crippen LogP contribution in [0.1, 0.15) is 50.5 Å². The summed E-state index contributed by atoms with van der Waals surface area (Å²) < 4.78 is 10.7. The van der Waals surface area contributed by atoms with Crippen LogP contribution in [0.25, 0.3) is 0 Å². The molecule has 0 radical (unpaired) electrons. The Morgan fingerprint density at radius 1 is 1.46 bits per heavy atom. The molecule has 0 unspecified atom stereocenters. The third-order valence-corrected chi connectivity index (χ3v) is 5.76. The number of hydrogen-bond donors (Lipinski definition) is 1. The molecule has 1 aromatic heterocycles. The first-order chi connectivity index (χ1) is 12.1. The number of nitrogens with zero attached hydrogens (tertiary/aromatic N) is 2. The van der Waals surface area contributed by atoms with Crippen LogP contribution in [0.15, 0.2) is 10.6 Å². The van der Waals surface area contributed by atoms with Crippen molar-refractivity contribution in [3.63, 3.8) is 0 Å². The average molecular weight is 386 g/mol. The highest BCUT2D eigenvalue weighted by atomic mass is 35.5. The number of ether oxygens (including phenoxy) is 1. The van der Waals surface area contributed by atoms with Crippen molar-refractivity contribution in [1.82, 2.24) is 15.4 Å². The Morgan fingerprint density at radius 2 is 2.23 bits per heavy atom. The molecule has 1 aliphatic heterocycles. The van der Waals surface area contributed by atoms with Gasteiger partial charge in [-0.05, 0) is 32.1 Å². The number of aryl methyl sites for hydroxylation is 1. The zero-order chi connectivity index (χ0) is 17.9. The molecule has 2 aliphatic rings. The van der Waals surface area contributed by atoms with Crippen molar-refractivity contribution in [3.8, 4) is 0 Å². The summed E-state index contributed by atoms with van der Waals surface area (Å²) in [7, 11) is 1.68. The summed E-state index contributed by atoms with van der Waals surface area (Å²) in [5.74, 6) is 1.58. The number of methoxy groups -OCH3 is 1. The highest BCUT2D eigenvalue weighted by Gasteiger charge is 2.46. The predicted molar refractivity (Wildman–Crippen MR) is 102 cm³/mol. The molecule has 0 bridgehead atoms. The van der Waals surface area contributed by atoms with E-state index in [1.54, 1.807) is 7.11 Å². The first kappa shape index (κ1) is 21.2. The molecule has 2 fully saturated rings. The molecule has 148 valence electrons. The minimum atomic E-state index is -0.291. The van der Waals surface area contributed by atoms with Gasteiger partial charge in [0, 0.05) is 32.3 Å². The third-order valence-electron chi connectivity index (χ3n) is 5.76. The molecule has 0 aromatic carbocycles. The van der Waals surface area contributed by atoms with Crippen molar-refractivity contribution in [2.75, 3.05) is 26.8 Å². The first-order valence-corrected chi connectivity index (χ1v) is 9.51. The molecule has 1 N–H and O–H groups in total. The third kappa shape index (κ3) is 4.59. The summed E-state index contributed by atoms with van der Waals surface area (Å²) in [6.07, 6.45) is 5.28. The molecule has 1 saturated carbocycles. The summed E-state index contributed by atoms with van der Waals surface area (Å²) in [5, 5.41) is 7.32. The van der Waals surface area contributed by atoms with E-state index in [1.807, 2.05) is 13.0 Å². The Balaban J connectivity index is 0.00000243. The van der Waals surface area contributed by atoms with Gasteiger partial charge >= 0.3 is 0 Å². The highest BCUT2D eigenvalue weighted by molar-refractivity contribution is 5.85. The SMILES string of the molecule is CCC[C@H]1CN(Cc2cc(C)no2)C[C@@H]1NC(=O)C1(COC)CCC1.Cl. The largest absolute Gasteiger partial charge is 0.384 e. The van der Waals surface area contributed by atoms with E-state index in [4.69, 9.17) is 9.26 Å². The summed E-state index contributed by atoms with van der Waals surface area (Å²) in [6, 6.07) is 2.20. The zero-order valence-electron chi connectivity index (χ0n) is 16.1. The van der Waals surface area contributed by atoms with E-state index in [2.05, 4.69) is 22.3 Å². The van der Waals surface area contributed by atoms with Gasteiger partial charge in [0.15, 0.2) is 5.76 Å². The second-order valence-electron chi connectivity index (χ2n) is 7.82. The molecule has 2 heterocycles. The van der Waals surface area contributed by atoms with E-state index in [-0.39, 0.29) is 29.8 Å². The van der Waals surface area contributed by atoms with Crippen LogP contribution in [0.5, 0.6) is 0 Å². The van der Waals surface area contributed by atoms with Crippen LogP contribution in [0.2, 0.25) is 0 Å². The van der Waals surface area contributed by atoms with Crippen LogP contribution in [0.4, 0.5) is 0 Å². The lowest BCUT2D eigenvalue weighted by Gasteiger charge is -2.40. The monoisotopic (exact) mass is 385 g/mol. The van der Waals surface area contributed by atoms with Crippen LogP contribution in [0, 0.1) is 18.3 Å². The molecular weight excluding hydrogens is 354 g/mol. The first-order valence-electron chi connectivity index (χ1n) is 9.51. The highest BCUT2D eigenvalue weighted by Crippen LogP contribution is 2.41. The van der Waals surface area contributed by atoms with E-state index in [0.29, 0.717) is 12.5 Å². The summed E-state index contributed by atoms with van der Waals surface area (Å²) in [6.45, 7) is 7.31. The normalized spacial score (nSPS) is 24.7. The van der Waals surface area contributed by atoms with Crippen LogP contribution in [-0.4, -0.2) is 48.8 Å². The number of rotatable bonds is 8. The number of hydrogen-bond acceptors (Lipinski definition) is 5. The Hall–Kier alpha value is -1.11. The quantitative estimate of drug-likeness (QED) is 0.745. The average Bonchev–Trinajstić information content (AvgIpc) is 3.10. The van der Waals surface area contributed by atoms with Gasteiger partial charge < -0.3 is 14.6 Å². The predicted octanol–water partition coefficient (Wildman–Crippen LogP) is 2.94. The van der Waals surface area contributed by atoms with Crippen LogP contribution in [-0.2, 0) is 16.1 Å². The summed E-state index contributed by atoms with van der Waals surface area (Å²) in [5.41, 5.74) is 0.622. The molecule has 6 nitrogen and oxygen atoms in total. The molecule has 7 heteroatoms. The van der Waals surface area contributed by atoms with Crippen molar-refractivity contribution >= 4 is 18.3 Å². The van der Waals surface area contributed by atoms with Gasteiger partial charge in [0.1, 0.15) is 0 Å². The van der Waals surface area contributed by atoms with Gasteiger partial charge in [-0.25, -0.2) is 0 Å². The fraction of sp³-hybridized carbons (Fsp3) is 0.789. The minimum Gasteiger partial charge on any atom is -0.384 e. The van der Waals surface area contributed by atoms with Crippen molar-refractivity contribution in [2.24, 2.45) is 11.3 Å². The maximum absolute atomic E-state index is 12.9. The van der Waals surface area contributed by atoms with Gasteiger partial charge in [0.05, 0.1) is 24.3 Å². The van der Waals surface area contributed by atoms with E-state index in [0.717, 1.165) is 63.2 Å². The van der Waals surface area contributed by atoms with Gasteiger partial charge in [-0.15, -0.1) is 12.4 Å². The lowest BCUT2D eigenvalue weighted by Crippen LogP contribution is -2.53. The number of likely N-dealkylation sites (tertiary alicyclic amines) is 1. The van der Waals surface area contributed by atoms with Crippen molar-refractivity contribution in [1.29, 1.82) is 0 Å². The number of carbonyl (C=O) groups excluding carboxylic acids is 1. The standard InChI is InChI=1S/C19H31N3O3.ClH/c1-4-6-15-10-22(11-16-9-14(2)21-25-16)12-17(15)20-18(23)19(13-24-3)7-5-8-19;/h9,15,17H,4-8,10-13H2,1-3H3,(H,20,23);1H/t15-,17-;/m0./s1. The van der Waals surface area contributed by atoms with Crippen LogP contribution < -0.4 is 5.32 Å². The number of nitrogens with one attached hydrogen (secondary N) is 1. The number of aromatic nitrogens is 1. The van der Waals surface area contributed by atoms with Crippen molar-refractivity contribution in [2.45, 2.75) is 58.5 Å². The number of halogens is 1. The molecule has 1 saturated heterocycles. The van der Waals surface area contributed by atoms with Crippen molar-refractivity contribution in [3.05, 3.63) is 17.5 Å². The van der Waals surface area contributed by atoms with Crippen molar-refractivity contribution < 1.29 is 14.1 Å². The van der Waals surface area contributed by atoms with E-state index in [9.17, 15) is 4.79 Å². The lowest BCUT2D eigenvalue weighted by molar-refractivity contribution is -0.141. The summed E-state index contributed by atoms with van der Waals surface area (Å²) in [4.78, 5) is 15.2. The van der Waals surface area contributed by atoms with Gasteiger partial charge in [-0.3, -0.25) is 9.69 Å². The van der Waals surface area contributed by atoms with Gasteiger partial charge in [-0.1, -0.05) is 24.9 Å². The second-order valence-corrected chi connectivity index (χ2v) is 7.82. The van der Waals surface area contributed by atoms with Gasteiger partial charge in [0.25, 0.3) is 0 Å². The fourth-order valence-electron chi connectivity index (χ4n) is 4.27. The molecule has 3 rings (SSSR count). The Bertz CT molecular complexity index is 588. The minimum absolute atomic E-state index is 0. The summed E-state index contributed by atoms with van der Waals surface area (Å²) >= 11 is 0. The molecule has 1 aromatic rings. The zero-order valence-corrected chi connectivity index (χ0v) is 16.9. The van der Waals surface area contributed by atoms with Crippen LogP contribution >= 0.6 is 12.4 Å². The molecule has 1 aliphatic carbocycles. The van der Waals surface area contributed by atoms with Crippen LogP contribution in [0.3, 0.4) is 0 Å². The maximum atomic E-state index is 12.9. The van der Waals surface area contributed by atoms with E-state index < -0.39 is 0 Å². The molecule has 2 atom stereocenters. The Kier molecular flexibility index (Phi) is 7.50. The van der Waals surface area contributed by atoms with Gasteiger partial charge in [0.2, 0.25) is 5.91 Å². The molecule has 0 spiro atoms. The molecular formula is C19H32ClN3O3. The molecule has 26 heavy (non-hydrogen) atoms. The topological polar surface area (TPSA) is 67.6 Å². The molecule has 1 amide bonds. The van der Waals surface area contributed by atoms with Gasteiger partial charge in [-0.2, -0.15) is 0 Å². The van der Waals surface area contributed by atoms with E-state index in [1.165, 1.54) is 0 Å². The smallest absolute Gasteiger partial charge is 0.228 e. The van der Waals surface area contributed by atoms with E-state index >= 15 is 0 Å². The Labute approximate surface area is 162 Å². The number of carbonyl (C=O) groups is 1.